The summed E-state index contributed by atoms with van der Waals surface area (Å²) in [7, 11) is 0. The zero-order valence-corrected chi connectivity index (χ0v) is 11.6. The highest BCUT2D eigenvalue weighted by Gasteiger charge is 2.08. The van der Waals surface area contributed by atoms with Crippen molar-refractivity contribution in [1.29, 1.82) is 0 Å². The van der Waals surface area contributed by atoms with Crippen LogP contribution in [0.4, 0.5) is 0 Å². The molecule has 0 saturated carbocycles. The Bertz CT molecular complexity index is 618. The molecule has 0 spiro atoms. The topological polar surface area (TPSA) is 60.9 Å². The lowest BCUT2D eigenvalue weighted by molar-refractivity contribution is 0.524. The zero-order valence-electron chi connectivity index (χ0n) is 11.6. The minimum Gasteiger partial charge on any atom is -0.328 e. The predicted molar refractivity (Wildman–Crippen MR) is 78.2 cm³/mol. The van der Waals surface area contributed by atoms with Gasteiger partial charge in [-0.05, 0) is 38.3 Å². The lowest BCUT2D eigenvalue weighted by atomic mass is 10.1. The first-order chi connectivity index (χ1) is 9.13. The average molecular weight is 259 g/mol. The van der Waals surface area contributed by atoms with Gasteiger partial charge in [0.1, 0.15) is 5.69 Å². The van der Waals surface area contributed by atoms with Crippen LogP contribution in [0.3, 0.4) is 0 Å². The summed E-state index contributed by atoms with van der Waals surface area (Å²) in [6.45, 7) is 4.56. The Labute approximate surface area is 113 Å². The molecule has 2 rings (SSSR count). The second-order valence-corrected chi connectivity index (χ2v) is 4.95. The summed E-state index contributed by atoms with van der Waals surface area (Å²) in [5, 5.41) is 0. The number of rotatable bonds is 5. The lowest BCUT2D eigenvalue weighted by Gasteiger charge is -2.12. The maximum absolute atomic E-state index is 12.2. The molecule has 1 aromatic carbocycles. The van der Waals surface area contributed by atoms with Gasteiger partial charge < -0.3 is 10.3 Å². The molecule has 102 valence electrons. The fourth-order valence-corrected chi connectivity index (χ4v) is 2.26. The summed E-state index contributed by atoms with van der Waals surface area (Å²) in [6.07, 6.45) is 2.84. The van der Waals surface area contributed by atoms with Crippen LogP contribution in [0.2, 0.25) is 0 Å². The van der Waals surface area contributed by atoms with Crippen LogP contribution in [-0.4, -0.2) is 15.6 Å². The summed E-state index contributed by atoms with van der Waals surface area (Å²) in [4.78, 5) is 16.5. The zero-order chi connectivity index (χ0) is 13.8. The number of para-hydroxylation sites is 2. The first-order valence-electron chi connectivity index (χ1n) is 6.85. The van der Waals surface area contributed by atoms with E-state index >= 15 is 0 Å². The van der Waals surface area contributed by atoms with Gasteiger partial charge in [-0.1, -0.05) is 19.1 Å². The van der Waals surface area contributed by atoms with Crippen molar-refractivity contribution in [2.24, 2.45) is 5.73 Å². The van der Waals surface area contributed by atoms with E-state index < -0.39 is 0 Å². The van der Waals surface area contributed by atoms with Gasteiger partial charge >= 0.3 is 0 Å². The third-order valence-corrected chi connectivity index (χ3v) is 3.50. The van der Waals surface area contributed by atoms with Crippen LogP contribution < -0.4 is 11.3 Å². The first kappa shape index (κ1) is 13.7. The molecule has 0 saturated heterocycles. The number of nitrogens with two attached hydrogens (primary N) is 1. The van der Waals surface area contributed by atoms with Crippen LogP contribution in [0.1, 0.15) is 31.9 Å². The molecular weight excluding hydrogens is 238 g/mol. The number of aryl methyl sites for hydroxylation is 2. The van der Waals surface area contributed by atoms with Gasteiger partial charge in [0.15, 0.2) is 0 Å². The van der Waals surface area contributed by atoms with Gasteiger partial charge in [0.05, 0.1) is 11.0 Å². The van der Waals surface area contributed by atoms with E-state index in [0.29, 0.717) is 12.2 Å². The van der Waals surface area contributed by atoms with Crippen LogP contribution in [-0.2, 0) is 6.54 Å². The summed E-state index contributed by atoms with van der Waals surface area (Å²) in [6, 6.07) is 7.99. The van der Waals surface area contributed by atoms with E-state index in [2.05, 4.69) is 11.9 Å². The van der Waals surface area contributed by atoms with Crippen molar-refractivity contribution in [2.75, 3.05) is 0 Å². The lowest BCUT2D eigenvalue weighted by Crippen LogP contribution is -2.25. The Morgan fingerprint density at radius 2 is 2.11 bits per heavy atom. The van der Waals surface area contributed by atoms with E-state index in [9.17, 15) is 4.79 Å². The summed E-state index contributed by atoms with van der Waals surface area (Å²) in [5.74, 6) is 0. The third kappa shape index (κ3) is 3.01. The Morgan fingerprint density at radius 1 is 1.37 bits per heavy atom. The molecule has 1 heterocycles. The summed E-state index contributed by atoms with van der Waals surface area (Å²) < 4.78 is 1.82. The van der Waals surface area contributed by atoms with Gasteiger partial charge in [0.25, 0.3) is 5.56 Å². The molecule has 2 aromatic rings. The molecule has 0 bridgehead atoms. The molecule has 0 radical (unpaired) electrons. The quantitative estimate of drug-likeness (QED) is 0.895. The van der Waals surface area contributed by atoms with Crippen molar-refractivity contribution in [3.8, 4) is 0 Å². The summed E-state index contributed by atoms with van der Waals surface area (Å²) in [5.41, 5.74) is 8.26. The van der Waals surface area contributed by atoms with Crippen molar-refractivity contribution in [1.82, 2.24) is 9.55 Å². The molecule has 1 atom stereocenters. The fraction of sp³-hybridized carbons (Fsp3) is 0.467. The van der Waals surface area contributed by atoms with Crippen molar-refractivity contribution >= 4 is 11.0 Å². The second kappa shape index (κ2) is 5.97. The number of hydrogen-bond donors (Lipinski definition) is 1. The van der Waals surface area contributed by atoms with Gasteiger partial charge in [-0.25, -0.2) is 4.98 Å². The molecule has 4 nitrogen and oxygen atoms in total. The number of hydrogen-bond acceptors (Lipinski definition) is 3. The Hall–Kier alpha value is -1.68. The standard InChI is InChI=1S/C15H21N3O/c1-3-12(16)7-6-10-18-14-9-5-4-8-13(14)17-11(2)15(18)19/h4-5,8-9,12H,3,6-7,10,16H2,1-2H3. The van der Waals surface area contributed by atoms with Crippen LogP contribution in [0, 0.1) is 6.92 Å². The minimum atomic E-state index is 0.00349. The number of fused-ring (bicyclic) bond motifs is 1. The highest BCUT2D eigenvalue weighted by molar-refractivity contribution is 5.74. The SMILES string of the molecule is CCC(N)CCCn1c(=O)c(C)nc2ccccc21. The van der Waals surface area contributed by atoms with Gasteiger partial charge in [0, 0.05) is 12.6 Å². The maximum atomic E-state index is 12.2. The van der Waals surface area contributed by atoms with Crippen LogP contribution in [0.25, 0.3) is 11.0 Å². The monoisotopic (exact) mass is 259 g/mol. The van der Waals surface area contributed by atoms with Crippen LogP contribution in [0.15, 0.2) is 29.1 Å². The highest BCUT2D eigenvalue weighted by atomic mass is 16.1. The molecule has 19 heavy (non-hydrogen) atoms. The van der Waals surface area contributed by atoms with Gasteiger partial charge in [-0.3, -0.25) is 4.79 Å². The van der Waals surface area contributed by atoms with E-state index in [-0.39, 0.29) is 11.6 Å². The van der Waals surface area contributed by atoms with E-state index in [4.69, 9.17) is 5.73 Å². The molecule has 0 amide bonds. The molecule has 4 heteroatoms. The smallest absolute Gasteiger partial charge is 0.272 e. The van der Waals surface area contributed by atoms with Crippen molar-refractivity contribution in [3.63, 3.8) is 0 Å². The van der Waals surface area contributed by atoms with Gasteiger partial charge in [-0.15, -0.1) is 0 Å². The largest absolute Gasteiger partial charge is 0.328 e. The molecule has 0 fully saturated rings. The fourth-order valence-electron chi connectivity index (χ4n) is 2.26. The highest BCUT2D eigenvalue weighted by Crippen LogP contribution is 2.11. The molecular formula is C15H21N3O. The average Bonchev–Trinajstić information content (AvgIpc) is 2.42. The number of aromatic nitrogens is 2. The first-order valence-corrected chi connectivity index (χ1v) is 6.85. The molecule has 1 unspecified atom stereocenters. The molecule has 1 aromatic heterocycles. The normalized spacial score (nSPS) is 12.8. The van der Waals surface area contributed by atoms with Crippen LogP contribution in [0.5, 0.6) is 0 Å². The summed E-state index contributed by atoms with van der Waals surface area (Å²) >= 11 is 0. The molecule has 0 aliphatic carbocycles. The molecule has 0 aliphatic heterocycles. The number of nitrogens with zero attached hydrogens (tertiary/aromatic N) is 2. The van der Waals surface area contributed by atoms with E-state index in [1.807, 2.05) is 28.8 Å². The molecule has 0 aliphatic rings. The second-order valence-electron chi connectivity index (χ2n) is 4.95. The van der Waals surface area contributed by atoms with Crippen molar-refractivity contribution in [3.05, 3.63) is 40.3 Å². The van der Waals surface area contributed by atoms with Crippen molar-refractivity contribution in [2.45, 2.75) is 45.7 Å². The third-order valence-electron chi connectivity index (χ3n) is 3.50. The minimum absolute atomic E-state index is 0.00349. The maximum Gasteiger partial charge on any atom is 0.272 e. The van der Waals surface area contributed by atoms with E-state index in [0.717, 1.165) is 30.3 Å². The van der Waals surface area contributed by atoms with E-state index in [1.165, 1.54) is 0 Å². The van der Waals surface area contributed by atoms with Gasteiger partial charge in [-0.2, -0.15) is 0 Å². The molecule has 2 N–H and O–H groups in total. The number of benzene rings is 1. The Balaban J connectivity index is 2.30. The Kier molecular flexibility index (Phi) is 4.32. The van der Waals surface area contributed by atoms with Gasteiger partial charge in [0.2, 0.25) is 0 Å². The van der Waals surface area contributed by atoms with Crippen molar-refractivity contribution < 1.29 is 0 Å². The van der Waals surface area contributed by atoms with Crippen LogP contribution >= 0.6 is 0 Å². The predicted octanol–water partition coefficient (Wildman–Crippen LogP) is 2.22. The Morgan fingerprint density at radius 3 is 2.84 bits per heavy atom. The van der Waals surface area contributed by atoms with E-state index in [1.54, 1.807) is 6.92 Å².